The molecule has 1 fully saturated rings. The zero-order chi connectivity index (χ0) is 9.10. The molecule has 1 aromatic heterocycles. The van der Waals surface area contributed by atoms with Gasteiger partial charge >= 0.3 is 0 Å². The van der Waals surface area contributed by atoms with Crippen LogP contribution in [0.15, 0.2) is 18.3 Å². The second-order valence-electron chi connectivity index (χ2n) is 2.77. The van der Waals surface area contributed by atoms with E-state index in [9.17, 15) is 0 Å². The molecule has 0 aliphatic carbocycles. The van der Waals surface area contributed by atoms with Crippen molar-refractivity contribution < 1.29 is 9.47 Å². The predicted octanol–water partition coefficient (Wildman–Crippen LogP) is 0.731. The maximum absolute atomic E-state index is 8.52. The normalized spacial score (nSPS) is 15.9. The van der Waals surface area contributed by atoms with Crippen LogP contribution in [-0.2, 0) is 4.74 Å². The van der Waals surface area contributed by atoms with E-state index in [0.29, 0.717) is 24.7 Å². The molecule has 0 atom stereocenters. The van der Waals surface area contributed by atoms with Crippen molar-refractivity contribution in [2.45, 2.75) is 6.10 Å². The van der Waals surface area contributed by atoms with Crippen molar-refractivity contribution in [3.8, 4) is 11.9 Å². The third-order valence-electron chi connectivity index (χ3n) is 1.76. The Morgan fingerprint density at radius 3 is 2.85 bits per heavy atom. The average molecular weight is 176 g/mol. The van der Waals surface area contributed by atoms with Crippen molar-refractivity contribution in [3.63, 3.8) is 0 Å². The Bertz CT molecular complexity index is 324. The Hall–Kier alpha value is -1.60. The lowest BCUT2D eigenvalue weighted by Gasteiger charge is -2.25. The topological polar surface area (TPSA) is 55.1 Å². The zero-order valence-corrected chi connectivity index (χ0v) is 6.93. The highest BCUT2D eigenvalue weighted by molar-refractivity contribution is 5.28. The molecule has 0 saturated carbocycles. The minimum Gasteiger partial charge on any atom is -0.469 e. The van der Waals surface area contributed by atoms with Crippen molar-refractivity contribution in [2.24, 2.45) is 0 Å². The van der Waals surface area contributed by atoms with Crippen LogP contribution in [0.3, 0.4) is 0 Å². The molecule has 0 unspecified atom stereocenters. The molecule has 1 aliphatic rings. The Balaban J connectivity index is 2.01. The number of rotatable bonds is 2. The summed E-state index contributed by atoms with van der Waals surface area (Å²) in [4.78, 5) is 3.97. The summed E-state index contributed by atoms with van der Waals surface area (Å²) in [7, 11) is 0. The molecule has 0 amide bonds. The van der Waals surface area contributed by atoms with Crippen LogP contribution in [0.2, 0.25) is 0 Å². The fraction of sp³-hybridized carbons (Fsp3) is 0.333. The van der Waals surface area contributed by atoms with E-state index in [1.54, 1.807) is 12.1 Å². The highest BCUT2D eigenvalue weighted by Gasteiger charge is 2.20. The number of hydrogen-bond donors (Lipinski definition) is 0. The smallest absolute Gasteiger partial charge is 0.213 e. The fourth-order valence-corrected chi connectivity index (χ4v) is 0.969. The van der Waals surface area contributed by atoms with Gasteiger partial charge in [0.1, 0.15) is 12.2 Å². The lowest BCUT2D eigenvalue weighted by Crippen LogP contribution is -2.38. The number of nitriles is 1. The van der Waals surface area contributed by atoms with Gasteiger partial charge in [-0.2, -0.15) is 5.26 Å². The maximum atomic E-state index is 8.52. The van der Waals surface area contributed by atoms with Gasteiger partial charge < -0.3 is 9.47 Å². The van der Waals surface area contributed by atoms with Crippen LogP contribution in [0.4, 0.5) is 0 Å². The maximum Gasteiger partial charge on any atom is 0.213 e. The average Bonchev–Trinajstić information content (AvgIpc) is 2.12. The molecule has 1 aromatic rings. The van der Waals surface area contributed by atoms with E-state index in [2.05, 4.69) is 4.98 Å². The van der Waals surface area contributed by atoms with Gasteiger partial charge in [0.25, 0.3) is 0 Å². The third-order valence-corrected chi connectivity index (χ3v) is 1.76. The zero-order valence-electron chi connectivity index (χ0n) is 6.93. The second-order valence-corrected chi connectivity index (χ2v) is 2.77. The van der Waals surface area contributed by atoms with Crippen LogP contribution in [0.25, 0.3) is 0 Å². The first-order valence-electron chi connectivity index (χ1n) is 3.99. The molecule has 4 heteroatoms. The summed E-state index contributed by atoms with van der Waals surface area (Å²) < 4.78 is 10.4. The summed E-state index contributed by atoms with van der Waals surface area (Å²) in [6.07, 6.45) is 1.62. The largest absolute Gasteiger partial charge is 0.469 e. The number of pyridine rings is 1. The first-order chi connectivity index (χ1) is 6.38. The Morgan fingerprint density at radius 1 is 1.54 bits per heavy atom. The van der Waals surface area contributed by atoms with Crippen LogP contribution >= 0.6 is 0 Å². The number of aromatic nitrogens is 1. The van der Waals surface area contributed by atoms with Gasteiger partial charge in [-0.05, 0) is 6.07 Å². The third kappa shape index (κ3) is 1.76. The van der Waals surface area contributed by atoms with E-state index in [0.717, 1.165) is 0 Å². The Kier molecular flexibility index (Phi) is 2.11. The van der Waals surface area contributed by atoms with E-state index in [4.69, 9.17) is 14.7 Å². The van der Waals surface area contributed by atoms with Crippen LogP contribution in [0.1, 0.15) is 5.56 Å². The molecular weight excluding hydrogens is 168 g/mol. The summed E-state index contributed by atoms with van der Waals surface area (Å²) in [5.41, 5.74) is 0.539. The lowest BCUT2D eigenvalue weighted by atomic mass is 10.3. The molecule has 2 rings (SSSR count). The Labute approximate surface area is 75.7 Å². The van der Waals surface area contributed by atoms with Crippen molar-refractivity contribution in [1.82, 2.24) is 4.98 Å². The molecule has 0 radical (unpaired) electrons. The van der Waals surface area contributed by atoms with Gasteiger partial charge in [0.15, 0.2) is 0 Å². The second kappa shape index (κ2) is 3.42. The molecule has 66 valence electrons. The van der Waals surface area contributed by atoms with Gasteiger partial charge in [0, 0.05) is 12.3 Å². The van der Waals surface area contributed by atoms with E-state index in [-0.39, 0.29) is 6.10 Å². The molecule has 0 spiro atoms. The number of nitrogens with zero attached hydrogens (tertiary/aromatic N) is 2. The SMILES string of the molecule is N#Cc1ccc(OC2COC2)nc1. The monoisotopic (exact) mass is 176 g/mol. The Morgan fingerprint density at radius 2 is 2.38 bits per heavy atom. The molecule has 0 bridgehead atoms. The summed E-state index contributed by atoms with van der Waals surface area (Å²) >= 11 is 0. The number of hydrogen-bond acceptors (Lipinski definition) is 4. The summed E-state index contributed by atoms with van der Waals surface area (Å²) in [5, 5.41) is 8.52. The molecule has 4 nitrogen and oxygen atoms in total. The van der Waals surface area contributed by atoms with Crippen LogP contribution in [-0.4, -0.2) is 24.3 Å². The highest BCUT2D eigenvalue weighted by atomic mass is 16.6. The van der Waals surface area contributed by atoms with Crippen molar-refractivity contribution in [1.29, 1.82) is 5.26 Å². The van der Waals surface area contributed by atoms with Crippen LogP contribution < -0.4 is 4.74 Å². The van der Waals surface area contributed by atoms with Gasteiger partial charge in [0.05, 0.1) is 18.8 Å². The van der Waals surface area contributed by atoms with Gasteiger partial charge in [-0.3, -0.25) is 0 Å². The highest BCUT2D eigenvalue weighted by Crippen LogP contribution is 2.12. The fourth-order valence-electron chi connectivity index (χ4n) is 0.969. The number of ether oxygens (including phenoxy) is 2. The van der Waals surface area contributed by atoms with Crippen LogP contribution in [0, 0.1) is 11.3 Å². The summed E-state index contributed by atoms with van der Waals surface area (Å²) in [5.74, 6) is 0.548. The van der Waals surface area contributed by atoms with Crippen molar-refractivity contribution in [2.75, 3.05) is 13.2 Å². The summed E-state index contributed by atoms with van der Waals surface area (Å²) in [6.45, 7) is 1.25. The first kappa shape index (κ1) is 8.02. The van der Waals surface area contributed by atoms with E-state index in [1.165, 1.54) is 6.20 Å². The standard InChI is InChI=1S/C9H8N2O2/c10-3-7-1-2-9(11-4-7)13-8-5-12-6-8/h1-2,4,8H,5-6H2. The van der Waals surface area contributed by atoms with E-state index < -0.39 is 0 Å². The minimum absolute atomic E-state index is 0.125. The predicted molar refractivity (Wildman–Crippen MR) is 44.2 cm³/mol. The van der Waals surface area contributed by atoms with Crippen LogP contribution in [0.5, 0.6) is 5.88 Å². The van der Waals surface area contributed by atoms with E-state index >= 15 is 0 Å². The molecule has 2 heterocycles. The molecular formula is C9H8N2O2. The van der Waals surface area contributed by atoms with Gasteiger partial charge in [-0.1, -0.05) is 0 Å². The van der Waals surface area contributed by atoms with Crippen molar-refractivity contribution >= 4 is 0 Å². The molecule has 0 N–H and O–H groups in total. The first-order valence-corrected chi connectivity index (χ1v) is 3.99. The van der Waals surface area contributed by atoms with E-state index in [1.807, 2.05) is 6.07 Å². The minimum atomic E-state index is 0.125. The van der Waals surface area contributed by atoms with Gasteiger partial charge in [0.2, 0.25) is 5.88 Å². The van der Waals surface area contributed by atoms with Gasteiger partial charge in [-0.15, -0.1) is 0 Å². The molecule has 1 saturated heterocycles. The quantitative estimate of drug-likeness (QED) is 0.666. The molecule has 0 aromatic carbocycles. The van der Waals surface area contributed by atoms with Gasteiger partial charge in [-0.25, -0.2) is 4.98 Å². The molecule has 13 heavy (non-hydrogen) atoms. The van der Waals surface area contributed by atoms with Crippen molar-refractivity contribution in [3.05, 3.63) is 23.9 Å². The lowest BCUT2D eigenvalue weighted by molar-refractivity contribution is -0.0813. The molecule has 1 aliphatic heterocycles. The summed E-state index contributed by atoms with van der Waals surface area (Å²) in [6, 6.07) is 5.37.